The summed E-state index contributed by atoms with van der Waals surface area (Å²) in [5, 5.41) is 23.4. The summed E-state index contributed by atoms with van der Waals surface area (Å²) in [6.07, 6.45) is 3.74. The van der Waals surface area contributed by atoms with E-state index in [1.165, 1.54) is 18.3 Å². The summed E-state index contributed by atoms with van der Waals surface area (Å²) in [6.45, 7) is 5.00. The summed E-state index contributed by atoms with van der Waals surface area (Å²) in [4.78, 5) is 2.21. The molecule has 0 aromatic heterocycles. The van der Waals surface area contributed by atoms with Gasteiger partial charge in [-0.1, -0.05) is 35.9 Å². The fraction of sp³-hybridized carbons (Fsp3) is 0.214. The smallest absolute Gasteiger partial charge is 0.210 e. The van der Waals surface area contributed by atoms with Gasteiger partial charge in [-0.25, -0.2) is 4.39 Å². The summed E-state index contributed by atoms with van der Waals surface area (Å²) >= 11 is 6.31. The number of likely N-dealkylation sites (N-methyl/N-ethyl adjacent to an activating group) is 1. The first-order chi connectivity index (χ1) is 16.7. The molecule has 0 amide bonds. The fourth-order valence-corrected chi connectivity index (χ4v) is 4.64. The molecule has 0 aliphatic carbocycles. The van der Waals surface area contributed by atoms with E-state index in [2.05, 4.69) is 18.7 Å². The predicted octanol–water partition coefficient (Wildman–Crippen LogP) is 6.93. The molecule has 1 aliphatic heterocycles. The van der Waals surface area contributed by atoms with Crippen LogP contribution in [0.3, 0.4) is 0 Å². The van der Waals surface area contributed by atoms with Crippen molar-refractivity contribution in [3.05, 3.63) is 106 Å². The predicted molar refractivity (Wildman–Crippen MR) is 141 cm³/mol. The second-order valence-electron chi connectivity index (χ2n) is 8.31. The normalized spacial score (nSPS) is 16.9. The number of nitrogens with zero attached hydrogens (tertiary/aromatic N) is 1. The van der Waals surface area contributed by atoms with Crippen molar-refractivity contribution in [3.8, 4) is 5.75 Å². The van der Waals surface area contributed by atoms with Crippen LogP contribution in [0.5, 0.6) is 5.75 Å². The Morgan fingerprint density at radius 2 is 1.83 bits per heavy atom. The number of methoxy groups -OCH3 is 1. The average molecular weight is 553 g/mol. The van der Waals surface area contributed by atoms with Gasteiger partial charge in [0.2, 0.25) is 5.90 Å². The van der Waals surface area contributed by atoms with E-state index in [0.29, 0.717) is 17.0 Å². The molecular formula is C28H29ClCoFN3O2. The maximum Gasteiger partial charge on any atom is 0.210 e. The molecule has 1 unspecified atom stereocenters. The number of benzene rings is 3. The number of halogens is 2. The van der Waals surface area contributed by atoms with Crippen LogP contribution in [-0.4, -0.2) is 30.9 Å². The molecular weight excluding hydrogens is 524 g/mol. The Bertz CT molecular complexity index is 1250. The minimum Gasteiger partial charge on any atom is -0.497 e. The van der Waals surface area contributed by atoms with E-state index in [1.807, 2.05) is 30.3 Å². The molecule has 0 saturated heterocycles. The third-order valence-corrected chi connectivity index (χ3v) is 6.46. The third kappa shape index (κ3) is 6.16. The number of hydrogen-bond donors (Lipinski definition) is 3. The van der Waals surface area contributed by atoms with E-state index in [4.69, 9.17) is 32.3 Å². The van der Waals surface area contributed by atoms with Crippen LogP contribution < -0.4 is 9.64 Å². The minimum atomic E-state index is -0.404. The van der Waals surface area contributed by atoms with Gasteiger partial charge in [-0.15, -0.1) is 0 Å². The Hall–Kier alpha value is -3.13. The fourth-order valence-electron chi connectivity index (χ4n) is 4.41. The first-order valence-corrected chi connectivity index (χ1v) is 11.6. The van der Waals surface area contributed by atoms with Gasteiger partial charge >= 0.3 is 0 Å². The van der Waals surface area contributed by atoms with E-state index < -0.39 is 5.41 Å². The van der Waals surface area contributed by atoms with Crippen molar-refractivity contribution in [2.24, 2.45) is 0 Å². The van der Waals surface area contributed by atoms with Crippen LogP contribution >= 0.6 is 11.6 Å². The molecule has 0 spiro atoms. The molecule has 36 heavy (non-hydrogen) atoms. The van der Waals surface area contributed by atoms with Gasteiger partial charge in [-0.3, -0.25) is 5.41 Å². The Labute approximate surface area is 226 Å². The van der Waals surface area contributed by atoms with Crippen LogP contribution in [0.15, 0.2) is 78.5 Å². The summed E-state index contributed by atoms with van der Waals surface area (Å²) in [5.41, 5.74) is 4.27. The van der Waals surface area contributed by atoms with Crippen LogP contribution in [-0.2, 0) is 28.6 Å². The van der Waals surface area contributed by atoms with Crippen LogP contribution in [0, 0.1) is 16.6 Å². The molecule has 3 aromatic carbocycles. The molecule has 4 rings (SSSR count). The number of nitrogens with one attached hydrogen (secondary N) is 2. The van der Waals surface area contributed by atoms with Gasteiger partial charge in [-0.2, -0.15) is 0 Å². The molecule has 5 nitrogen and oxygen atoms in total. The second-order valence-corrected chi connectivity index (χ2v) is 8.71. The molecule has 1 aliphatic rings. The molecule has 0 bridgehead atoms. The Balaban J connectivity index is 0.000000386. The van der Waals surface area contributed by atoms with Gasteiger partial charge in [0.05, 0.1) is 7.11 Å². The van der Waals surface area contributed by atoms with Gasteiger partial charge < -0.3 is 20.2 Å². The Morgan fingerprint density at radius 1 is 1.14 bits per heavy atom. The molecule has 1 atom stereocenters. The maximum atomic E-state index is 13.5. The van der Waals surface area contributed by atoms with Crippen molar-refractivity contribution in [1.29, 1.82) is 10.8 Å². The Morgan fingerprint density at radius 3 is 2.36 bits per heavy atom. The van der Waals surface area contributed by atoms with Crippen molar-refractivity contribution >= 4 is 29.4 Å². The minimum absolute atomic E-state index is 0. The largest absolute Gasteiger partial charge is 0.497 e. The van der Waals surface area contributed by atoms with Crippen LogP contribution in [0.2, 0.25) is 5.02 Å². The SMILES string of the molecule is CCN1/C(=C\C=N)C(C)(Cc2ccc(F)cc2Cl)c2cc(OC)ccc21.N=C(O)c1ccccc1.[Co]. The van der Waals surface area contributed by atoms with Crippen molar-refractivity contribution in [1.82, 2.24) is 0 Å². The average Bonchev–Trinajstić information content (AvgIpc) is 3.09. The number of allylic oxidation sites excluding steroid dienone is 2. The zero-order valence-electron chi connectivity index (χ0n) is 20.3. The zero-order chi connectivity index (χ0) is 25.6. The van der Waals surface area contributed by atoms with Gasteiger partial charge in [0.25, 0.3) is 0 Å². The first kappa shape index (κ1) is 29.1. The third-order valence-electron chi connectivity index (χ3n) is 6.11. The van der Waals surface area contributed by atoms with E-state index in [0.717, 1.165) is 34.8 Å². The Kier molecular flexibility index (Phi) is 10.3. The summed E-state index contributed by atoms with van der Waals surface area (Å²) in [7, 11) is 1.65. The van der Waals surface area contributed by atoms with Crippen molar-refractivity contribution in [2.75, 3.05) is 18.6 Å². The quantitative estimate of drug-likeness (QED) is 0.229. The van der Waals surface area contributed by atoms with Crippen molar-refractivity contribution in [2.45, 2.75) is 25.7 Å². The van der Waals surface area contributed by atoms with Crippen LogP contribution in [0.25, 0.3) is 0 Å². The van der Waals surface area contributed by atoms with Gasteiger partial charge in [0.15, 0.2) is 0 Å². The summed E-state index contributed by atoms with van der Waals surface area (Å²) in [6, 6.07) is 19.3. The van der Waals surface area contributed by atoms with Crippen molar-refractivity contribution < 1.29 is 31.0 Å². The van der Waals surface area contributed by atoms with Gasteiger partial charge in [0, 0.05) is 56.9 Å². The number of hydrogen-bond acceptors (Lipinski definition) is 4. The second kappa shape index (κ2) is 12.7. The molecule has 1 radical (unpaired) electrons. The van der Waals surface area contributed by atoms with Crippen molar-refractivity contribution in [3.63, 3.8) is 0 Å². The number of anilines is 1. The topological polar surface area (TPSA) is 80.4 Å². The maximum absolute atomic E-state index is 13.5. The van der Waals surface area contributed by atoms with E-state index in [1.54, 1.807) is 37.4 Å². The standard InChI is InChI=1S/C21H22ClFN2O.C7H7NO.Co/c1-4-25-19-8-7-16(26-3)12-17(19)21(2,20(25)9-10-24)13-14-5-6-15(23)11-18(14)22;8-7(9)6-4-2-1-3-5-6;/h5-12,24H,4,13H2,1-3H3;1-5H,(H2,8,9);/b20-9-,24-10?;;. The number of aliphatic hydroxyl groups is 1. The monoisotopic (exact) mass is 552 g/mol. The summed E-state index contributed by atoms with van der Waals surface area (Å²) in [5.74, 6) is 0.0609. The molecule has 3 N–H and O–H groups in total. The number of fused-ring (bicyclic) bond motifs is 1. The number of ether oxygens (including phenoxy) is 1. The van der Waals surface area contributed by atoms with E-state index in [9.17, 15) is 4.39 Å². The van der Waals surface area contributed by atoms with E-state index >= 15 is 0 Å². The molecule has 0 fully saturated rings. The first-order valence-electron chi connectivity index (χ1n) is 11.2. The number of aliphatic hydroxyl groups excluding tert-OH is 1. The van der Waals surface area contributed by atoms with Gasteiger partial charge in [-0.05, 0) is 79.9 Å². The van der Waals surface area contributed by atoms with Crippen LogP contribution in [0.1, 0.15) is 30.5 Å². The van der Waals surface area contributed by atoms with E-state index in [-0.39, 0.29) is 28.5 Å². The summed E-state index contributed by atoms with van der Waals surface area (Å²) < 4.78 is 18.9. The molecule has 0 saturated carbocycles. The molecule has 1 heterocycles. The number of rotatable bonds is 6. The van der Waals surface area contributed by atoms with Gasteiger partial charge in [0.1, 0.15) is 11.6 Å². The molecule has 191 valence electrons. The molecule has 8 heteroatoms. The van der Waals surface area contributed by atoms with Crippen LogP contribution in [0.4, 0.5) is 10.1 Å². The zero-order valence-corrected chi connectivity index (χ0v) is 22.1. The molecule has 3 aromatic rings.